The summed E-state index contributed by atoms with van der Waals surface area (Å²) >= 11 is 0. The summed E-state index contributed by atoms with van der Waals surface area (Å²) in [6.45, 7) is 6.23. The average Bonchev–Trinajstić information content (AvgIpc) is 3.23. The fourth-order valence-corrected chi connectivity index (χ4v) is 3.46. The highest BCUT2D eigenvalue weighted by molar-refractivity contribution is 6.09. The molecule has 1 aliphatic heterocycles. The first-order chi connectivity index (χ1) is 14.8. The Hall–Kier alpha value is -3.36. The molecule has 1 atom stereocenters. The molecule has 31 heavy (non-hydrogen) atoms. The number of pyridine rings is 1. The van der Waals surface area contributed by atoms with E-state index in [9.17, 15) is 18.0 Å². The van der Waals surface area contributed by atoms with Gasteiger partial charge in [-0.2, -0.15) is 18.3 Å². The van der Waals surface area contributed by atoms with E-state index in [1.807, 2.05) is 26.8 Å². The summed E-state index contributed by atoms with van der Waals surface area (Å²) in [5.74, 6) is 0.344. The molecule has 0 radical (unpaired) electrons. The van der Waals surface area contributed by atoms with Gasteiger partial charge in [0.25, 0.3) is 5.91 Å². The zero-order valence-corrected chi connectivity index (χ0v) is 17.7. The van der Waals surface area contributed by atoms with Gasteiger partial charge >= 0.3 is 6.18 Å². The highest BCUT2D eigenvalue weighted by Crippen LogP contribution is 2.35. The van der Waals surface area contributed by atoms with Crippen molar-refractivity contribution in [2.75, 3.05) is 23.8 Å². The zero-order chi connectivity index (χ0) is 22.8. The molecule has 4 rings (SSSR count). The minimum atomic E-state index is -4.42. The summed E-state index contributed by atoms with van der Waals surface area (Å²) < 4.78 is 40.2. The van der Waals surface area contributed by atoms with Crippen LogP contribution < -0.4 is 10.2 Å². The van der Waals surface area contributed by atoms with Gasteiger partial charge in [-0.25, -0.2) is 4.98 Å². The molecule has 0 spiro atoms. The molecule has 1 aromatic carbocycles. The number of carbonyl (C=O) groups excluding carboxylic acids is 1. The fourth-order valence-electron chi connectivity index (χ4n) is 3.46. The van der Waals surface area contributed by atoms with Crippen molar-refractivity contribution < 1.29 is 18.0 Å². The van der Waals surface area contributed by atoms with E-state index in [1.165, 1.54) is 17.0 Å². The molecule has 3 aromatic rings. The molecule has 1 amide bonds. The Labute approximate surface area is 178 Å². The molecule has 6 nitrogen and oxygen atoms in total. The first kappa shape index (κ1) is 22.3. The van der Waals surface area contributed by atoms with Crippen LogP contribution in [-0.2, 0) is 6.18 Å². The van der Waals surface area contributed by atoms with Gasteiger partial charge in [0.2, 0.25) is 0 Å². The van der Waals surface area contributed by atoms with E-state index in [4.69, 9.17) is 0 Å². The van der Waals surface area contributed by atoms with Crippen LogP contribution in [0.2, 0.25) is 0 Å². The van der Waals surface area contributed by atoms with Crippen molar-refractivity contribution in [2.24, 2.45) is 0 Å². The van der Waals surface area contributed by atoms with Gasteiger partial charge in [0.05, 0.1) is 17.8 Å². The maximum absolute atomic E-state index is 13.3. The summed E-state index contributed by atoms with van der Waals surface area (Å²) in [7, 11) is 1.75. The van der Waals surface area contributed by atoms with Crippen LogP contribution in [0.4, 0.5) is 24.7 Å². The van der Waals surface area contributed by atoms with Gasteiger partial charge in [-0.05, 0) is 48.9 Å². The molecule has 3 heterocycles. The number of rotatable bonds is 3. The van der Waals surface area contributed by atoms with Gasteiger partial charge in [0.1, 0.15) is 11.5 Å². The number of hydrogen-bond acceptors (Lipinski definition) is 4. The topological polar surface area (TPSA) is 63.1 Å². The molecular weight excluding hydrogens is 407 g/mol. The van der Waals surface area contributed by atoms with Crippen LogP contribution in [0.15, 0.2) is 48.8 Å². The zero-order valence-electron chi connectivity index (χ0n) is 17.7. The Balaban J connectivity index is 0.00000132. The number of carbonyl (C=O) groups is 1. The number of benzene rings is 1. The third-order valence-corrected chi connectivity index (χ3v) is 4.94. The number of fused-ring (bicyclic) bond motifs is 1. The van der Waals surface area contributed by atoms with Gasteiger partial charge in [-0.3, -0.25) is 9.48 Å². The second-order valence-corrected chi connectivity index (χ2v) is 6.84. The Kier molecular flexibility index (Phi) is 6.33. The van der Waals surface area contributed by atoms with E-state index in [0.29, 0.717) is 29.3 Å². The minimum Gasteiger partial charge on any atom is -0.373 e. The monoisotopic (exact) mass is 431 g/mol. The van der Waals surface area contributed by atoms with Crippen molar-refractivity contribution in [1.29, 1.82) is 0 Å². The molecule has 164 valence electrons. The Bertz CT molecular complexity index is 1060. The molecule has 0 fully saturated rings. The number of anilines is 2. The molecule has 0 saturated carbocycles. The maximum Gasteiger partial charge on any atom is 0.416 e. The number of halogens is 3. The lowest BCUT2D eigenvalue weighted by atomic mass is 10.0. The predicted molar refractivity (Wildman–Crippen MR) is 114 cm³/mol. The van der Waals surface area contributed by atoms with Gasteiger partial charge in [-0.15, -0.1) is 0 Å². The van der Waals surface area contributed by atoms with E-state index in [1.54, 1.807) is 30.2 Å². The Morgan fingerprint density at radius 1 is 1.13 bits per heavy atom. The standard InChI is InChI=1S/C20H18F3N5O.C2H6/c1-12-11-27(15-5-3-14(4-6-15)20(21,22)23)19(29)18-16(10-26-28(12)18)13-7-8-25-17(9-13)24-2;1-2/h3-10,12H,11H2,1-2H3,(H,24,25);1-2H3. The summed E-state index contributed by atoms with van der Waals surface area (Å²) in [6, 6.07) is 8.09. The molecule has 2 aromatic heterocycles. The highest BCUT2D eigenvalue weighted by Gasteiger charge is 2.35. The van der Waals surface area contributed by atoms with Crippen molar-refractivity contribution in [3.05, 3.63) is 60.0 Å². The maximum atomic E-state index is 13.3. The van der Waals surface area contributed by atoms with E-state index >= 15 is 0 Å². The van der Waals surface area contributed by atoms with E-state index in [-0.39, 0.29) is 11.9 Å². The van der Waals surface area contributed by atoms with Crippen LogP contribution in [0.5, 0.6) is 0 Å². The first-order valence-electron chi connectivity index (χ1n) is 10.0. The summed E-state index contributed by atoms with van der Waals surface area (Å²) in [4.78, 5) is 18.9. The molecule has 1 unspecified atom stereocenters. The van der Waals surface area contributed by atoms with Crippen LogP contribution >= 0.6 is 0 Å². The van der Waals surface area contributed by atoms with Gasteiger partial charge in [0.15, 0.2) is 0 Å². The minimum absolute atomic E-state index is 0.135. The molecule has 1 N–H and O–H groups in total. The average molecular weight is 431 g/mol. The molecule has 9 heteroatoms. The van der Waals surface area contributed by atoms with Crippen LogP contribution in [0.25, 0.3) is 11.1 Å². The molecule has 0 bridgehead atoms. The lowest BCUT2D eigenvalue weighted by Crippen LogP contribution is -2.42. The van der Waals surface area contributed by atoms with Crippen LogP contribution in [0.3, 0.4) is 0 Å². The van der Waals surface area contributed by atoms with Crippen LogP contribution in [0, 0.1) is 0 Å². The molecule has 0 aliphatic carbocycles. The lowest BCUT2D eigenvalue weighted by molar-refractivity contribution is -0.137. The van der Waals surface area contributed by atoms with Crippen molar-refractivity contribution in [2.45, 2.75) is 33.0 Å². The number of nitrogens with zero attached hydrogens (tertiary/aromatic N) is 4. The van der Waals surface area contributed by atoms with E-state index in [0.717, 1.165) is 17.7 Å². The van der Waals surface area contributed by atoms with Crippen LogP contribution in [-0.4, -0.2) is 34.3 Å². The third-order valence-electron chi connectivity index (χ3n) is 4.94. The summed E-state index contributed by atoms with van der Waals surface area (Å²) in [5, 5.41) is 7.33. The van der Waals surface area contributed by atoms with Crippen molar-refractivity contribution in [3.8, 4) is 11.1 Å². The SMILES string of the molecule is CC.CNc1cc(-c2cnn3c2C(=O)N(c2ccc(C(F)(F)F)cc2)CC3C)ccn1. The second-order valence-electron chi connectivity index (χ2n) is 6.84. The fraction of sp³-hybridized carbons (Fsp3) is 0.318. The number of nitrogens with one attached hydrogen (secondary N) is 1. The summed E-state index contributed by atoms with van der Waals surface area (Å²) in [5.41, 5.74) is 1.49. The number of aromatic nitrogens is 3. The number of amides is 1. The first-order valence-corrected chi connectivity index (χ1v) is 10.0. The molecule has 1 aliphatic rings. The van der Waals surface area contributed by atoms with Crippen molar-refractivity contribution >= 4 is 17.4 Å². The normalized spacial score (nSPS) is 15.8. The summed E-state index contributed by atoms with van der Waals surface area (Å²) in [6.07, 6.45) is -1.15. The van der Waals surface area contributed by atoms with Crippen molar-refractivity contribution in [3.63, 3.8) is 0 Å². The Morgan fingerprint density at radius 3 is 2.42 bits per heavy atom. The quantitative estimate of drug-likeness (QED) is 0.615. The predicted octanol–water partition coefficient (Wildman–Crippen LogP) is 5.25. The highest BCUT2D eigenvalue weighted by atomic mass is 19.4. The Morgan fingerprint density at radius 2 is 1.81 bits per heavy atom. The van der Waals surface area contributed by atoms with Crippen LogP contribution in [0.1, 0.15) is 42.9 Å². The van der Waals surface area contributed by atoms with Gasteiger partial charge in [0, 0.05) is 31.0 Å². The third kappa shape index (κ3) is 4.26. The number of alkyl halides is 3. The molecular formula is C22H24F3N5O. The van der Waals surface area contributed by atoms with E-state index < -0.39 is 11.7 Å². The second kappa shape index (κ2) is 8.79. The van der Waals surface area contributed by atoms with E-state index in [2.05, 4.69) is 15.4 Å². The van der Waals surface area contributed by atoms with Gasteiger partial charge in [-0.1, -0.05) is 13.8 Å². The number of hydrogen-bond donors (Lipinski definition) is 1. The van der Waals surface area contributed by atoms with Crippen molar-refractivity contribution in [1.82, 2.24) is 14.8 Å². The van der Waals surface area contributed by atoms with Gasteiger partial charge < -0.3 is 10.2 Å². The smallest absolute Gasteiger partial charge is 0.373 e. The largest absolute Gasteiger partial charge is 0.416 e. The molecule has 0 saturated heterocycles. The lowest BCUT2D eigenvalue weighted by Gasteiger charge is -2.32.